The van der Waals surface area contributed by atoms with Gasteiger partial charge in [-0.3, -0.25) is 4.79 Å². The maximum absolute atomic E-state index is 9.74. The van der Waals surface area contributed by atoms with Gasteiger partial charge in [-0.2, -0.15) is 0 Å². The SMILES string of the molecule is CC(O)CN.NCCC(N)=O. The standard InChI is InChI=1S/C3H8N2O.C3H9NO/c4-2-1-3(5)6;1-3(5)2-4/h1-2,4H2,(H2,5,6);3,5H,2,4H2,1H3. The first kappa shape index (κ1) is 13.0. The Morgan fingerprint density at radius 3 is 1.91 bits per heavy atom. The molecule has 0 rings (SSSR count). The lowest BCUT2D eigenvalue weighted by Crippen LogP contribution is -2.15. The average Bonchev–Trinajstić information content (AvgIpc) is 1.89. The molecule has 0 spiro atoms. The molecule has 0 aromatic rings. The third-order valence-corrected chi connectivity index (χ3v) is 0.732. The van der Waals surface area contributed by atoms with Crippen LogP contribution >= 0.6 is 0 Å². The van der Waals surface area contributed by atoms with Gasteiger partial charge in [-0.05, 0) is 6.92 Å². The molecule has 5 heteroatoms. The van der Waals surface area contributed by atoms with E-state index >= 15 is 0 Å². The van der Waals surface area contributed by atoms with E-state index < -0.39 is 0 Å². The van der Waals surface area contributed by atoms with Gasteiger partial charge in [0.15, 0.2) is 0 Å². The molecule has 0 bridgehead atoms. The molecule has 1 unspecified atom stereocenters. The maximum Gasteiger partial charge on any atom is 0.218 e. The third-order valence-electron chi connectivity index (χ3n) is 0.732. The number of aliphatic hydroxyl groups excluding tert-OH is 1. The summed E-state index contributed by atoms with van der Waals surface area (Å²) in [6, 6.07) is 0. The largest absolute Gasteiger partial charge is 0.392 e. The van der Waals surface area contributed by atoms with Gasteiger partial charge in [-0.25, -0.2) is 0 Å². The van der Waals surface area contributed by atoms with Crippen molar-refractivity contribution < 1.29 is 9.90 Å². The van der Waals surface area contributed by atoms with Crippen LogP contribution in [0, 0.1) is 0 Å². The fraction of sp³-hybridized carbons (Fsp3) is 0.833. The number of hydrogen-bond acceptors (Lipinski definition) is 4. The van der Waals surface area contributed by atoms with E-state index in [0.29, 0.717) is 19.5 Å². The van der Waals surface area contributed by atoms with Crippen molar-refractivity contribution in [2.24, 2.45) is 17.2 Å². The zero-order valence-corrected chi connectivity index (χ0v) is 6.79. The Morgan fingerprint density at radius 1 is 1.55 bits per heavy atom. The van der Waals surface area contributed by atoms with E-state index in [9.17, 15) is 4.79 Å². The van der Waals surface area contributed by atoms with Crippen molar-refractivity contribution >= 4 is 5.91 Å². The van der Waals surface area contributed by atoms with Gasteiger partial charge in [-0.1, -0.05) is 0 Å². The predicted octanol–water partition coefficient (Wildman–Crippen LogP) is -1.85. The fourth-order valence-electron chi connectivity index (χ4n) is 0.142. The first-order chi connectivity index (χ1) is 5.04. The van der Waals surface area contributed by atoms with Gasteiger partial charge in [0.1, 0.15) is 0 Å². The highest BCUT2D eigenvalue weighted by molar-refractivity contribution is 5.73. The Hall–Kier alpha value is -0.650. The van der Waals surface area contributed by atoms with Crippen LogP contribution in [0.2, 0.25) is 0 Å². The first-order valence-electron chi connectivity index (χ1n) is 3.41. The number of carbonyl (C=O) groups excluding carboxylic acids is 1. The van der Waals surface area contributed by atoms with Crippen molar-refractivity contribution in [1.82, 2.24) is 0 Å². The first-order valence-corrected chi connectivity index (χ1v) is 3.41. The van der Waals surface area contributed by atoms with Crippen molar-refractivity contribution in [1.29, 1.82) is 0 Å². The molecule has 11 heavy (non-hydrogen) atoms. The summed E-state index contributed by atoms with van der Waals surface area (Å²) in [5.74, 6) is -0.336. The molecule has 0 aliphatic rings. The molecule has 0 saturated carbocycles. The Bertz CT molecular complexity index is 95.8. The van der Waals surface area contributed by atoms with Gasteiger partial charge in [0.25, 0.3) is 0 Å². The molecule has 5 nitrogen and oxygen atoms in total. The number of rotatable bonds is 3. The molecule has 0 aromatic heterocycles. The highest BCUT2D eigenvalue weighted by atomic mass is 16.3. The lowest BCUT2D eigenvalue weighted by molar-refractivity contribution is -0.117. The van der Waals surface area contributed by atoms with E-state index in [1.54, 1.807) is 6.92 Å². The summed E-state index contributed by atoms with van der Waals surface area (Å²) in [5, 5.41) is 8.24. The van der Waals surface area contributed by atoms with Gasteiger partial charge < -0.3 is 22.3 Å². The number of aliphatic hydroxyl groups is 1. The van der Waals surface area contributed by atoms with Crippen molar-refractivity contribution in [3.63, 3.8) is 0 Å². The highest BCUT2D eigenvalue weighted by Crippen LogP contribution is 1.65. The predicted molar refractivity (Wildman–Crippen MR) is 43.6 cm³/mol. The number of primary amides is 1. The lowest BCUT2D eigenvalue weighted by Gasteiger charge is -1.91. The molecule has 0 aromatic carbocycles. The van der Waals surface area contributed by atoms with E-state index in [1.165, 1.54) is 0 Å². The molecule has 7 N–H and O–H groups in total. The molecular weight excluding hydrogens is 146 g/mol. The minimum Gasteiger partial charge on any atom is -0.392 e. The molecule has 0 aliphatic carbocycles. The van der Waals surface area contributed by atoms with Crippen LogP contribution in [0.4, 0.5) is 0 Å². The van der Waals surface area contributed by atoms with Crippen molar-refractivity contribution in [3.05, 3.63) is 0 Å². The van der Waals surface area contributed by atoms with Crippen molar-refractivity contribution in [2.45, 2.75) is 19.4 Å². The third kappa shape index (κ3) is 26.7. The van der Waals surface area contributed by atoms with E-state index in [0.717, 1.165) is 0 Å². The molecule has 68 valence electrons. The summed E-state index contributed by atoms with van der Waals surface area (Å²) in [4.78, 5) is 9.74. The maximum atomic E-state index is 9.74. The quantitative estimate of drug-likeness (QED) is 0.390. The van der Waals surface area contributed by atoms with E-state index in [2.05, 4.69) is 5.73 Å². The minimum atomic E-state index is -0.338. The van der Waals surface area contributed by atoms with Crippen LogP contribution in [0.3, 0.4) is 0 Å². The number of nitrogens with two attached hydrogens (primary N) is 3. The Labute approximate surface area is 66.5 Å². The zero-order valence-electron chi connectivity index (χ0n) is 6.79. The molecule has 0 fully saturated rings. The second-order valence-electron chi connectivity index (χ2n) is 2.09. The molecule has 0 radical (unpaired) electrons. The summed E-state index contributed by atoms with van der Waals surface area (Å²) < 4.78 is 0. The van der Waals surface area contributed by atoms with E-state index in [1.807, 2.05) is 0 Å². The number of amides is 1. The Kier molecular flexibility index (Phi) is 11.0. The highest BCUT2D eigenvalue weighted by Gasteiger charge is 1.84. The number of hydrogen-bond donors (Lipinski definition) is 4. The minimum absolute atomic E-state index is 0.292. The summed E-state index contributed by atoms with van der Waals surface area (Å²) >= 11 is 0. The van der Waals surface area contributed by atoms with Crippen LogP contribution in [-0.2, 0) is 4.79 Å². The van der Waals surface area contributed by atoms with Crippen molar-refractivity contribution in [3.8, 4) is 0 Å². The van der Waals surface area contributed by atoms with Crippen LogP contribution in [0.25, 0.3) is 0 Å². The zero-order chi connectivity index (χ0) is 9.28. The fourth-order valence-corrected chi connectivity index (χ4v) is 0.142. The second-order valence-corrected chi connectivity index (χ2v) is 2.09. The summed E-state index contributed by atoms with van der Waals surface area (Å²) in [7, 11) is 0. The molecular formula is C6H17N3O2. The van der Waals surface area contributed by atoms with Gasteiger partial charge >= 0.3 is 0 Å². The number of carbonyl (C=O) groups is 1. The Morgan fingerprint density at radius 2 is 1.91 bits per heavy atom. The molecule has 0 aliphatic heterocycles. The van der Waals surface area contributed by atoms with Crippen molar-refractivity contribution in [2.75, 3.05) is 13.1 Å². The van der Waals surface area contributed by atoms with E-state index in [4.69, 9.17) is 16.6 Å². The normalized spacial score (nSPS) is 11.3. The van der Waals surface area contributed by atoms with Crippen LogP contribution in [0.5, 0.6) is 0 Å². The average molecular weight is 163 g/mol. The summed E-state index contributed by atoms with van der Waals surface area (Å²) in [5.41, 5.74) is 14.5. The van der Waals surface area contributed by atoms with Crippen LogP contribution < -0.4 is 17.2 Å². The smallest absolute Gasteiger partial charge is 0.218 e. The van der Waals surface area contributed by atoms with Gasteiger partial charge in [0.2, 0.25) is 5.91 Å². The van der Waals surface area contributed by atoms with Crippen LogP contribution in [0.1, 0.15) is 13.3 Å². The van der Waals surface area contributed by atoms with Crippen LogP contribution in [0.15, 0.2) is 0 Å². The summed E-state index contributed by atoms with van der Waals surface area (Å²) in [6.45, 7) is 2.37. The Balaban J connectivity index is 0. The second kappa shape index (κ2) is 9.35. The molecule has 1 amide bonds. The van der Waals surface area contributed by atoms with Gasteiger partial charge in [-0.15, -0.1) is 0 Å². The van der Waals surface area contributed by atoms with Crippen LogP contribution in [-0.4, -0.2) is 30.2 Å². The summed E-state index contributed by atoms with van der Waals surface area (Å²) in [6.07, 6.45) is -0.0463. The van der Waals surface area contributed by atoms with E-state index in [-0.39, 0.29) is 12.0 Å². The monoisotopic (exact) mass is 163 g/mol. The lowest BCUT2D eigenvalue weighted by atomic mass is 10.4. The van der Waals surface area contributed by atoms with Gasteiger partial charge in [0, 0.05) is 19.5 Å². The topological polar surface area (TPSA) is 115 Å². The van der Waals surface area contributed by atoms with Gasteiger partial charge in [0.05, 0.1) is 6.10 Å². The molecule has 0 heterocycles. The molecule has 0 saturated heterocycles. The molecule has 1 atom stereocenters.